The van der Waals surface area contributed by atoms with E-state index in [9.17, 15) is 8.42 Å². The van der Waals surface area contributed by atoms with Crippen LogP contribution in [0.15, 0.2) is 41.3 Å². The number of nitrogens with two attached hydrogens (primary N) is 1. The Morgan fingerprint density at radius 1 is 1.15 bits per heavy atom. The molecule has 0 atom stereocenters. The summed E-state index contributed by atoms with van der Waals surface area (Å²) in [7, 11) is -3.65. The highest BCUT2D eigenvalue weighted by Crippen LogP contribution is 2.27. The van der Waals surface area contributed by atoms with Crippen molar-refractivity contribution < 1.29 is 8.42 Å². The van der Waals surface area contributed by atoms with Crippen molar-refractivity contribution in [3.05, 3.63) is 51.1 Å². The van der Waals surface area contributed by atoms with Gasteiger partial charge in [-0.1, -0.05) is 12.1 Å². The molecule has 0 spiro atoms. The zero-order chi connectivity index (χ0) is 14.9. The summed E-state index contributed by atoms with van der Waals surface area (Å²) in [5.41, 5.74) is 8.07. The van der Waals surface area contributed by atoms with Gasteiger partial charge in [-0.3, -0.25) is 4.72 Å². The van der Waals surface area contributed by atoms with Gasteiger partial charge >= 0.3 is 0 Å². The van der Waals surface area contributed by atoms with Crippen molar-refractivity contribution in [1.82, 2.24) is 0 Å². The first-order valence-corrected chi connectivity index (χ1v) is 8.51. The summed E-state index contributed by atoms with van der Waals surface area (Å²) in [6.45, 7) is 3.47. The highest BCUT2D eigenvalue weighted by Gasteiger charge is 2.20. The third-order valence-electron chi connectivity index (χ3n) is 2.99. The van der Waals surface area contributed by atoms with Gasteiger partial charge in [0.25, 0.3) is 10.0 Å². The van der Waals surface area contributed by atoms with E-state index in [0.717, 1.165) is 3.57 Å². The van der Waals surface area contributed by atoms with Crippen molar-refractivity contribution in [2.45, 2.75) is 18.7 Å². The maximum absolute atomic E-state index is 12.5. The Bertz CT molecular complexity index is 758. The van der Waals surface area contributed by atoms with Crippen molar-refractivity contribution in [2.24, 2.45) is 0 Å². The van der Waals surface area contributed by atoms with E-state index in [2.05, 4.69) is 27.3 Å². The molecular formula is C14H15IN2O2S. The molecule has 6 heteroatoms. The van der Waals surface area contributed by atoms with Crippen molar-refractivity contribution in [3.63, 3.8) is 0 Å². The summed E-state index contributed by atoms with van der Waals surface area (Å²) in [4.78, 5) is 0.247. The van der Waals surface area contributed by atoms with Crippen LogP contribution in [0.5, 0.6) is 0 Å². The van der Waals surface area contributed by atoms with E-state index in [-0.39, 0.29) is 4.90 Å². The Kier molecular flexibility index (Phi) is 4.24. The third-order valence-corrected chi connectivity index (χ3v) is 5.33. The molecule has 0 aromatic heterocycles. The zero-order valence-electron chi connectivity index (χ0n) is 11.1. The van der Waals surface area contributed by atoms with Gasteiger partial charge in [-0.15, -0.1) is 0 Å². The second-order valence-electron chi connectivity index (χ2n) is 4.54. The largest absolute Gasteiger partial charge is 0.398 e. The molecule has 0 bridgehead atoms. The van der Waals surface area contributed by atoms with Gasteiger partial charge in [0.1, 0.15) is 0 Å². The molecule has 4 nitrogen and oxygen atoms in total. The minimum atomic E-state index is -3.65. The van der Waals surface area contributed by atoms with Crippen LogP contribution in [0.4, 0.5) is 11.4 Å². The molecule has 0 fully saturated rings. The zero-order valence-corrected chi connectivity index (χ0v) is 14.1. The van der Waals surface area contributed by atoms with Crippen LogP contribution in [-0.4, -0.2) is 8.42 Å². The lowest BCUT2D eigenvalue weighted by Crippen LogP contribution is -2.16. The van der Waals surface area contributed by atoms with E-state index >= 15 is 0 Å². The number of halogens is 1. The summed E-state index contributed by atoms with van der Waals surface area (Å²) < 4.78 is 28.6. The predicted molar refractivity (Wildman–Crippen MR) is 90.3 cm³/mol. The van der Waals surface area contributed by atoms with E-state index in [4.69, 9.17) is 5.73 Å². The Balaban J connectivity index is 2.49. The summed E-state index contributed by atoms with van der Waals surface area (Å²) in [5, 5.41) is 0. The molecule has 2 aromatic carbocycles. The van der Waals surface area contributed by atoms with Gasteiger partial charge in [0.05, 0.1) is 4.90 Å². The van der Waals surface area contributed by atoms with Gasteiger partial charge in [-0.2, -0.15) is 0 Å². The summed E-state index contributed by atoms with van der Waals surface area (Å²) in [6.07, 6.45) is 0. The molecule has 0 radical (unpaired) electrons. The van der Waals surface area contributed by atoms with Crippen LogP contribution in [0, 0.1) is 17.4 Å². The first kappa shape index (κ1) is 15.1. The number of hydrogen-bond acceptors (Lipinski definition) is 3. The van der Waals surface area contributed by atoms with E-state index < -0.39 is 10.0 Å². The molecule has 0 aliphatic heterocycles. The SMILES string of the molecule is Cc1ccc(N)c(C)c1S(=O)(=O)Nc1cccc(I)c1. The van der Waals surface area contributed by atoms with Crippen molar-refractivity contribution >= 4 is 44.0 Å². The average Bonchev–Trinajstić information content (AvgIpc) is 2.33. The molecule has 0 unspecified atom stereocenters. The van der Waals surface area contributed by atoms with Crippen molar-refractivity contribution in [2.75, 3.05) is 10.5 Å². The van der Waals surface area contributed by atoms with Crippen LogP contribution in [-0.2, 0) is 10.0 Å². The van der Waals surface area contributed by atoms with Crippen LogP contribution in [0.2, 0.25) is 0 Å². The molecule has 3 N–H and O–H groups in total. The number of rotatable bonds is 3. The van der Waals surface area contributed by atoms with E-state index in [1.54, 1.807) is 44.2 Å². The lowest BCUT2D eigenvalue weighted by Gasteiger charge is -2.14. The maximum atomic E-state index is 12.5. The van der Waals surface area contributed by atoms with Crippen LogP contribution in [0.1, 0.15) is 11.1 Å². The molecule has 0 aliphatic carbocycles. The van der Waals surface area contributed by atoms with Gasteiger partial charge in [0.15, 0.2) is 0 Å². The van der Waals surface area contributed by atoms with Crippen LogP contribution < -0.4 is 10.5 Å². The topological polar surface area (TPSA) is 72.2 Å². The van der Waals surface area contributed by atoms with E-state index in [0.29, 0.717) is 22.5 Å². The highest BCUT2D eigenvalue weighted by molar-refractivity contribution is 14.1. The molecule has 20 heavy (non-hydrogen) atoms. The standard InChI is InChI=1S/C14H15IN2O2S/c1-9-6-7-13(16)10(2)14(9)20(18,19)17-12-5-3-4-11(15)8-12/h3-8,17H,16H2,1-2H3. The predicted octanol–water partition coefficient (Wildman–Crippen LogP) is 3.29. The van der Waals surface area contributed by atoms with Gasteiger partial charge in [-0.25, -0.2) is 8.42 Å². The van der Waals surface area contributed by atoms with Gasteiger partial charge < -0.3 is 5.73 Å². The first-order chi connectivity index (χ1) is 9.31. The quantitative estimate of drug-likeness (QED) is 0.612. The summed E-state index contributed by atoms with van der Waals surface area (Å²) in [5.74, 6) is 0. The minimum Gasteiger partial charge on any atom is -0.398 e. The summed E-state index contributed by atoms with van der Waals surface area (Å²) >= 11 is 2.14. The fourth-order valence-electron chi connectivity index (χ4n) is 2.01. The van der Waals surface area contributed by atoms with E-state index in [1.807, 2.05) is 6.07 Å². The fraction of sp³-hybridized carbons (Fsp3) is 0.143. The molecule has 0 heterocycles. The second-order valence-corrected chi connectivity index (χ2v) is 7.41. The van der Waals surface area contributed by atoms with Crippen molar-refractivity contribution in [3.8, 4) is 0 Å². The monoisotopic (exact) mass is 402 g/mol. The maximum Gasteiger partial charge on any atom is 0.262 e. The van der Waals surface area contributed by atoms with Gasteiger partial charge in [0, 0.05) is 14.9 Å². The Hall–Kier alpha value is -1.28. The normalized spacial score (nSPS) is 11.3. The Morgan fingerprint density at radius 3 is 2.50 bits per heavy atom. The molecule has 0 saturated carbocycles. The number of aryl methyl sites for hydroxylation is 1. The molecule has 0 aliphatic rings. The number of anilines is 2. The van der Waals surface area contributed by atoms with Crippen LogP contribution in [0.25, 0.3) is 0 Å². The molecule has 2 rings (SSSR count). The van der Waals surface area contributed by atoms with E-state index in [1.165, 1.54) is 0 Å². The minimum absolute atomic E-state index is 0.247. The number of benzene rings is 2. The number of nitrogen functional groups attached to an aromatic ring is 1. The molecule has 0 amide bonds. The molecule has 2 aromatic rings. The summed E-state index contributed by atoms with van der Waals surface area (Å²) in [6, 6.07) is 10.6. The first-order valence-electron chi connectivity index (χ1n) is 5.95. The molecule has 0 saturated heterocycles. The highest BCUT2D eigenvalue weighted by atomic mass is 127. The second kappa shape index (κ2) is 5.61. The number of nitrogens with one attached hydrogen (secondary N) is 1. The Morgan fingerprint density at radius 2 is 1.85 bits per heavy atom. The average molecular weight is 402 g/mol. The lowest BCUT2D eigenvalue weighted by atomic mass is 10.1. The van der Waals surface area contributed by atoms with Crippen molar-refractivity contribution in [1.29, 1.82) is 0 Å². The molecule has 106 valence electrons. The van der Waals surface area contributed by atoms with Crippen LogP contribution in [0.3, 0.4) is 0 Å². The fourth-order valence-corrected chi connectivity index (χ4v) is 4.11. The smallest absolute Gasteiger partial charge is 0.262 e. The number of sulfonamides is 1. The van der Waals surface area contributed by atoms with Gasteiger partial charge in [0.2, 0.25) is 0 Å². The lowest BCUT2D eigenvalue weighted by molar-refractivity contribution is 0.600. The third kappa shape index (κ3) is 3.06. The van der Waals surface area contributed by atoms with Gasteiger partial charge in [-0.05, 0) is 71.8 Å². The van der Waals surface area contributed by atoms with Crippen LogP contribution >= 0.6 is 22.6 Å². The Labute approximate surface area is 132 Å². The molecular weight excluding hydrogens is 387 g/mol. The number of hydrogen-bond donors (Lipinski definition) is 2.